The summed E-state index contributed by atoms with van der Waals surface area (Å²) >= 11 is 1.20. The van der Waals surface area contributed by atoms with Crippen molar-refractivity contribution in [2.45, 2.75) is 26.8 Å². The van der Waals surface area contributed by atoms with Crippen LogP contribution in [0.15, 0.2) is 23.7 Å². The number of nitrogens with one attached hydrogen (secondary N) is 1. The number of thiazole rings is 1. The van der Waals surface area contributed by atoms with Gasteiger partial charge in [0.05, 0.1) is 11.2 Å². The van der Waals surface area contributed by atoms with Crippen LogP contribution in [0.5, 0.6) is 0 Å². The van der Waals surface area contributed by atoms with Gasteiger partial charge in [0, 0.05) is 0 Å². The van der Waals surface area contributed by atoms with Gasteiger partial charge in [-0.1, -0.05) is 29.3 Å². The Hall–Kier alpha value is -2.21. The van der Waals surface area contributed by atoms with E-state index in [1.807, 2.05) is 19.9 Å². The molecule has 5 nitrogen and oxygen atoms in total. The molecule has 0 saturated heterocycles. The molecular formula is C15H16N2O3S. The number of aromatic nitrogens is 1. The Bertz CT molecular complexity index is 674. The molecule has 1 amide bonds. The van der Waals surface area contributed by atoms with Crippen LogP contribution in [-0.4, -0.2) is 22.0 Å². The third-order valence-electron chi connectivity index (χ3n) is 3.05. The topological polar surface area (TPSA) is 79.3 Å². The summed E-state index contributed by atoms with van der Waals surface area (Å²) in [6.07, 6.45) is 0. The summed E-state index contributed by atoms with van der Waals surface area (Å²) in [5, 5.41) is 12.0. The number of carboxylic acids is 1. The van der Waals surface area contributed by atoms with Gasteiger partial charge >= 0.3 is 5.97 Å². The molecule has 0 spiro atoms. The molecule has 0 aliphatic heterocycles. The minimum atomic E-state index is -1.09. The Labute approximate surface area is 126 Å². The van der Waals surface area contributed by atoms with Crippen molar-refractivity contribution in [3.63, 3.8) is 0 Å². The van der Waals surface area contributed by atoms with Crippen molar-refractivity contribution >= 4 is 23.2 Å². The molecule has 0 radical (unpaired) electrons. The molecule has 1 atom stereocenters. The van der Waals surface area contributed by atoms with Gasteiger partial charge in [0.1, 0.15) is 4.88 Å². The second-order valence-corrected chi connectivity index (χ2v) is 5.79. The van der Waals surface area contributed by atoms with Crippen molar-refractivity contribution in [1.82, 2.24) is 10.3 Å². The van der Waals surface area contributed by atoms with E-state index in [-0.39, 0.29) is 0 Å². The molecule has 2 aromatic rings. The highest BCUT2D eigenvalue weighted by atomic mass is 32.1. The molecule has 0 fully saturated rings. The van der Waals surface area contributed by atoms with Crippen molar-refractivity contribution in [3.8, 4) is 0 Å². The summed E-state index contributed by atoms with van der Waals surface area (Å²) in [5.74, 6) is -1.50. The van der Waals surface area contributed by atoms with E-state index < -0.39 is 17.9 Å². The lowest BCUT2D eigenvalue weighted by atomic mass is 10.0. The highest BCUT2D eigenvalue weighted by Crippen LogP contribution is 2.19. The summed E-state index contributed by atoms with van der Waals surface area (Å²) in [4.78, 5) is 28.1. The number of carbonyl (C=O) groups is 2. The summed E-state index contributed by atoms with van der Waals surface area (Å²) in [6, 6.07) is 4.42. The van der Waals surface area contributed by atoms with Crippen LogP contribution in [0.25, 0.3) is 0 Å². The molecule has 1 unspecified atom stereocenters. The maximum absolute atomic E-state index is 12.2. The molecule has 110 valence electrons. The number of carbonyl (C=O) groups excluding carboxylic acids is 1. The van der Waals surface area contributed by atoms with E-state index in [9.17, 15) is 14.7 Å². The Morgan fingerprint density at radius 2 is 1.81 bits per heavy atom. The number of carboxylic acid groups (broad SMARTS) is 1. The first-order valence-corrected chi connectivity index (χ1v) is 7.28. The summed E-state index contributed by atoms with van der Waals surface area (Å²) < 4.78 is 0. The SMILES string of the molecule is Cc1cc(C)cc(C(NC(=O)c2scnc2C)C(=O)O)c1. The maximum Gasteiger partial charge on any atom is 0.330 e. The third-order valence-corrected chi connectivity index (χ3v) is 3.98. The Kier molecular flexibility index (Phi) is 4.37. The zero-order valence-corrected chi connectivity index (χ0v) is 12.8. The molecular weight excluding hydrogens is 288 g/mol. The number of hydrogen-bond acceptors (Lipinski definition) is 4. The van der Waals surface area contributed by atoms with Crippen LogP contribution in [0.2, 0.25) is 0 Å². The van der Waals surface area contributed by atoms with Gasteiger partial charge in [-0.15, -0.1) is 11.3 Å². The van der Waals surface area contributed by atoms with Crippen LogP contribution in [-0.2, 0) is 4.79 Å². The first kappa shape index (κ1) is 15.2. The third kappa shape index (κ3) is 3.46. The molecule has 1 aromatic heterocycles. The second kappa shape index (κ2) is 6.05. The number of hydrogen-bond donors (Lipinski definition) is 2. The molecule has 1 heterocycles. The summed E-state index contributed by atoms with van der Waals surface area (Å²) in [7, 11) is 0. The van der Waals surface area contributed by atoms with Gasteiger partial charge in [-0.2, -0.15) is 0 Å². The fraction of sp³-hybridized carbons (Fsp3) is 0.267. The average Bonchev–Trinajstić information content (AvgIpc) is 2.80. The van der Waals surface area contributed by atoms with E-state index in [4.69, 9.17) is 0 Å². The Balaban J connectivity index is 2.30. The molecule has 0 aliphatic rings. The van der Waals surface area contributed by atoms with Gasteiger partial charge in [-0.3, -0.25) is 4.79 Å². The minimum Gasteiger partial charge on any atom is -0.479 e. The number of aryl methyl sites for hydroxylation is 3. The van der Waals surface area contributed by atoms with Gasteiger partial charge in [0.2, 0.25) is 0 Å². The lowest BCUT2D eigenvalue weighted by Crippen LogP contribution is -2.33. The number of rotatable bonds is 4. The number of nitrogens with zero attached hydrogens (tertiary/aromatic N) is 1. The highest BCUT2D eigenvalue weighted by Gasteiger charge is 2.24. The van der Waals surface area contributed by atoms with Crippen molar-refractivity contribution < 1.29 is 14.7 Å². The van der Waals surface area contributed by atoms with E-state index in [1.54, 1.807) is 24.6 Å². The largest absolute Gasteiger partial charge is 0.479 e. The van der Waals surface area contributed by atoms with Crippen LogP contribution in [0.4, 0.5) is 0 Å². The molecule has 6 heteroatoms. The first-order valence-electron chi connectivity index (χ1n) is 6.40. The molecule has 2 N–H and O–H groups in total. The molecule has 21 heavy (non-hydrogen) atoms. The van der Waals surface area contributed by atoms with Crippen LogP contribution >= 0.6 is 11.3 Å². The Morgan fingerprint density at radius 1 is 1.19 bits per heavy atom. The van der Waals surface area contributed by atoms with Crippen LogP contribution in [0.3, 0.4) is 0 Å². The Morgan fingerprint density at radius 3 is 2.29 bits per heavy atom. The molecule has 0 bridgehead atoms. The van der Waals surface area contributed by atoms with Crippen LogP contribution in [0, 0.1) is 20.8 Å². The zero-order valence-electron chi connectivity index (χ0n) is 12.0. The van der Waals surface area contributed by atoms with E-state index in [2.05, 4.69) is 10.3 Å². The van der Waals surface area contributed by atoms with E-state index in [0.29, 0.717) is 16.1 Å². The molecule has 2 rings (SSSR count). The molecule has 0 aliphatic carbocycles. The molecule has 0 saturated carbocycles. The van der Waals surface area contributed by atoms with E-state index in [1.165, 1.54) is 11.3 Å². The molecule has 1 aromatic carbocycles. The predicted octanol–water partition coefficient (Wildman–Crippen LogP) is 2.62. The normalized spacial score (nSPS) is 12.0. The standard InChI is InChI=1S/C15H16N2O3S/c1-8-4-9(2)6-11(5-8)12(15(19)20)17-14(18)13-10(3)16-7-21-13/h4-7,12H,1-3H3,(H,17,18)(H,19,20). The number of benzene rings is 1. The average molecular weight is 304 g/mol. The minimum absolute atomic E-state index is 0.415. The van der Waals surface area contributed by atoms with Crippen LogP contribution in [0.1, 0.15) is 38.1 Å². The fourth-order valence-electron chi connectivity index (χ4n) is 2.18. The van der Waals surface area contributed by atoms with Gasteiger partial charge in [-0.25, -0.2) is 9.78 Å². The zero-order chi connectivity index (χ0) is 15.6. The van der Waals surface area contributed by atoms with Gasteiger partial charge in [0.25, 0.3) is 5.91 Å². The lowest BCUT2D eigenvalue weighted by molar-refractivity contribution is -0.139. The highest BCUT2D eigenvalue weighted by molar-refractivity contribution is 7.11. The number of amides is 1. The van der Waals surface area contributed by atoms with Crippen molar-refractivity contribution in [3.05, 3.63) is 51.0 Å². The summed E-state index contributed by atoms with van der Waals surface area (Å²) in [5.41, 5.74) is 4.65. The second-order valence-electron chi connectivity index (χ2n) is 4.93. The number of aliphatic carboxylic acids is 1. The fourth-order valence-corrected chi connectivity index (χ4v) is 2.89. The maximum atomic E-state index is 12.2. The van der Waals surface area contributed by atoms with Crippen molar-refractivity contribution in [1.29, 1.82) is 0 Å². The van der Waals surface area contributed by atoms with E-state index in [0.717, 1.165) is 11.1 Å². The first-order chi connectivity index (χ1) is 9.88. The van der Waals surface area contributed by atoms with Gasteiger partial charge in [-0.05, 0) is 26.3 Å². The summed E-state index contributed by atoms with van der Waals surface area (Å²) in [6.45, 7) is 5.51. The van der Waals surface area contributed by atoms with Crippen molar-refractivity contribution in [2.24, 2.45) is 0 Å². The van der Waals surface area contributed by atoms with Crippen molar-refractivity contribution in [2.75, 3.05) is 0 Å². The van der Waals surface area contributed by atoms with Gasteiger partial charge < -0.3 is 10.4 Å². The van der Waals surface area contributed by atoms with Crippen LogP contribution < -0.4 is 5.32 Å². The smallest absolute Gasteiger partial charge is 0.330 e. The lowest BCUT2D eigenvalue weighted by Gasteiger charge is -2.16. The predicted molar refractivity (Wildman–Crippen MR) is 80.6 cm³/mol. The quantitative estimate of drug-likeness (QED) is 0.910. The van der Waals surface area contributed by atoms with Gasteiger partial charge in [0.15, 0.2) is 6.04 Å². The van der Waals surface area contributed by atoms with E-state index >= 15 is 0 Å². The monoisotopic (exact) mass is 304 g/mol.